The Morgan fingerprint density at radius 3 is 2.31 bits per heavy atom. The van der Waals surface area contributed by atoms with Crippen LogP contribution in [-0.4, -0.2) is 0 Å². The Hall–Kier alpha value is -1.67. The summed E-state index contributed by atoms with van der Waals surface area (Å²) in [5, 5.41) is 0. The zero-order valence-corrected chi connectivity index (χ0v) is 9.20. The molecule has 82 valence electrons. The van der Waals surface area contributed by atoms with Crippen molar-refractivity contribution in [3.8, 4) is 11.1 Å². The fourth-order valence-corrected chi connectivity index (χ4v) is 1.79. The molecule has 0 unspecified atom stereocenters. The Balaban J connectivity index is 2.47. The molecule has 2 rings (SSSR count). The molecule has 2 N–H and O–H groups in total. The average molecular weight is 215 g/mol. The third-order valence-electron chi connectivity index (χ3n) is 2.55. The molecule has 0 fully saturated rings. The van der Waals surface area contributed by atoms with Gasteiger partial charge in [0.15, 0.2) is 0 Å². The van der Waals surface area contributed by atoms with E-state index < -0.39 is 0 Å². The molecule has 0 bridgehead atoms. The van der Waals surface area contributed by atoms with E-state index in [1.54, 1.807) is 12.1 Å². The molecule has 2 heteroatoms. The number of benzene rings is 2. The normalized spacial score (nSPS) is 10.4. The lowest BCUT2D eigenvalue weighted by Gasteiger charge is -2.06. The minimum absolute atomic E-state index is 0.213. The number of halogens is 1. The first kappa shape index (κ1) is 10.8. The van der Waals surface area contributed by atoms with Crippen LogP contribution in [0.1, 0.15) is 11.1 Å². The molecule has 0 aromatic heterocycles. The van der Waals surface area contributed by atoms with E-state index in [-0.39, 0.29) is 5.82 Å². The maximum Gasteiger partial charge on any atom is 0.123 e. The van der Waals surface area contributed by atoms with Crippen molar-refractivity contribution in [2.24, 2.45) is 5.73 Å². The maximum absolute atomic E-state index is 12.8. The van der Waals surface area contributed by atoms with E-state index in [0.717, 1.165) is 16.7 Å². The second-order valence-corrected chi connectivity index (χ2v) is 3.92. The number of hydrogen-bond donors (Lipinski definition) is 1. The topological polar surface area (TPSA) is 26.0 Å². The maximum atomic E-state index is 12.8. The summed E-state index contributed by atoms with van der Waals surface area (Å²) in [5.41, 5.74) is 9.99. The highest BCUT2D eigenvalue weighted by molar-refractivity contribution is 5.65. The molecular formula is C14H14FN. The van der Waals surface area contributed by atoms with Gasteiger partial charge in [0.25, 0.3) is 0 Å². The van der Waals surface area contributed by atoms with Crippen LogP contribution in [0.25, 0.3) is 11.1 Å². The van der Waals surface area contributed by atoms with Gasteiger partial charge < -0.3 is 5.73 Å². The number of aryl methyl sites for hydroxylation is 1. The van der Waals surface area contributed by atoms with Crippen LogP contribution >= 0.6 is 0 Å². The third-order valence-corrected chi connectivity index (χ3v) is 2.55. The lowest BCUT2D eigenvalue weighted by molar-refractivity contribution is 0.628. The fourth-order valence-electron chi connectivity index (χ4n) is 1.79. The molecule has 0 spiro atoms. The predicted octanol–water partition coefficient (Wildman–Crippen LogP) is 3.26. The molecule has 0 saturated heterocycles. The van der Waals surface area contributed by atoms with Gasteiger partial charge in [0.1, 0.15) is 5.82 Å². The first-order valence-corrected chi connectivity index (χ1v) is 5.25. The van der Waals surface area contributed by atoms with Crippen molar-refractivity contribution in [2.75, 3.05) is 0 Å². The van der Waals surface area contributed by atoms with E-state index in [1.165, 1.54) is 17.7 Å². The summed E-state index contributed by atoms with van der Waals surface area (Å²) >= 11 is 0. The summed E-state index contributed by atoms with van der Waals surface area (Å²) in [7, 11) is 0. The van der Waals surface area contributed by atoms with Crippen LogP contribution in [-0.2, 0) is 6.54 Å². The number of nitrogens with two attached hydrogens (primary N) is 1. The van der Waals surface area contributed by atoms with Crippen molar-refractivity contribution >= 4 is 0 Å². The van der Waals surface area contributed by atoms with Crippen molar-refractivity contribution in [2.45, 2.75) is 13.5 Å². The molecule has 0 atom stereocenters. The van der Waals surface area contributed by atoms with E-state index in [1.807, 2.05) is 13.0 Å². The van der Waals surface area contributed by atoms with Gasteiger partial charge in [0, 0.05) is 6.54 Å². The van der Waals surface area contributed by atoms with Crippen molar-refractivity contribution in [3.63, 3.8) is 0 Å². The van der Waals surface area contributed by atoms with Gasteiger partial charge in [-0.15, -0.1) is 0 Å². The predicted molar refractivity (Wildman–Crippen MR) is 64.5 cm³/mol. The summed E-state index contributed by atoms with van der Waals surface area (Å²) in [4.78, 5) is 0. The zero-order valence-electron chi connectivity index (χ0n) is 9.20. The highest BCUT2D eigenvalue weighted by atomic mass is 19.1. The summed E-state index contributed by atoms with van der Waals surface area (Å²) in [6.07, 6.45) is 0. The monoisotopic (exact) mass is 215 g/mol. The van der Waals surface area contributed by atoms with Gasteiger partial charge in [-0.3, -0.25) is 0 Å². The Morgan fingerprint density at radius 1 is 1.00 bits per heavy atom. The average Bonchev–Trinajstić information content (AvgIpc) is 2.29. The van der Waals surface area contributed by atoms with Gasteiger partial charge >= 0.3 is 0 Å². The highest BCUT2D eigenvalue weighted by Gasteiger charge is 2.01. The molecule has 0 radical (unpaired) electrons. The molecule has 0 amide bonds. The lowest BCUT2D eigenvalue weighted by atomic mass is 10.0. The molecule has 2 aromatic carbocycles. The second kappa shape index (κ2) is 4.45. The lowest BCUT2D eigenvalue weighted by Crippen LogP contribution is -1.97. The first-order chi connectivity index (χ1) is 7.69. The van der Waals surface area contributed by atoms with Gasteiger partial charge in [0.2, 0.25) is 0 Å². The minimum atomic E-state index is -0.213. The van der Waals surface area contributed by atoms with E-state index in [9.17, 15) is 4.39 Å². The van der Waals surface area contributed by atoms with Gasteiger partial charge in [-0.2, -0.15) is 0 Å². The Kier molecular flexibility index (Phi) is 3.02. The summed E-state index contributed by atoms with van der Waals surface area (Å²) in [6, 6.07) is 12.7. The van der Waals surface area contributed by atoms with Crippen LogP contribution in [0, 0.1) is 12.7 Å². The molecule has 0 heterocycles. The van der Waals surface area contributed by atoms with E-state index >= 15 is 0 Å². The van der Waals surface area contributed by atoms with Crippen LogP contribution in [0.3, 0.4) is 0 Å². The minimum Gasteiger partial charge on any atom is -0.326 e. The highest BCUT2D eigenvalue weighted by Crippen LogP contribution is 2.22. The molecule has 0 aliphatic carbocycles. The number of hydrogen-bond acceptors (Lipinski definition) is 1. The van der Waals surface area contributed by atoms with Crippen LogP contribution < -0.4 is 5.73 Å². The molecule has 0 saturated carbocycles. The van der Waals surface area contributed by atoms with Crippen LogP contribution in [0.5, 0.6) is 0 Å². The Bertz CT molecular complexity index is 489. The summed E-state index contributed by atoms with van der Waals surface area (Å²) in [6.45, 7) is 2.56. The van der Waals surface area contributed by atoms with Crippen LogP contribution in [0.15, 0.2) is 42.5 Å². The second-order valence-electron chi connectivity index (χ2n) is 3.92. The van der Waals surface area contributed by atoms with Crippen molar-refractivity contribution in [1.82, 2.24) is 0 Å². The summed E-state index contributed by atoms with van der Waals surface area (Å²) < 4.78 is 12.8. The zero-order chi connectivity index (χ0) is 11.5. The van der Waals surface area contributed by atoms with Crippen LogP contribution in [0.4, 0.5) is 4.39 Å². The SMILES string of the molecule is Cc1cc(CN)cc(-c2ccc(F)cc2)c1. The van der Waals surface area contributed by atoms with Gasteiger partial charge in [-0.1, -0.05) is 29.8 Å². The van der Waals surface area contributed by atoms with Crippen molar-refractivity contribution in [1.29, 1.82) is 0 Å². The molecule has 1 nitrogen and oxygen atoms in total. The van der Waals surface area contributed by atoms with Crippen LogP contribution in [0.2, 0.25) is 0 Å². The van der Waals surface area contributed by atoms with E-state index in [0.29, 0.717) is 6.54 Å². The van der Waals surface area contributed by atoms with Gasteiger partial charge in [-0.25, -0.2) is 4.39 Å². The quantitative estimate of drug-likeness (QED) is 0.817. The fraction of sp³-hybridized carbons (Fsp3) is 0.143. The third kappa shape index (κ3) is 2.28. The first-order valence-electron chi connectivity index (χ1n) is 5.25. The largest absolute Gasteiger partial charge is 0.326 e. The van der Waals surface area contributed by atoms with Gasteiger partial charge in [0.05, 0.1) is 0 Å². The van der Waals surface area contributed by atoms with Crippen molar-refractivity contribution in [3.05, 3.63) is 59.4 Å². The van der Waals surface area contributed by atoms with E-state index in [4.69, 9.17) is 5.73 Å². The summed E-state index contributed by atoms with van der Waals surface area (Å²) in [5.74, 6) is -0.213. The van der Waals surface area contributed by atoms with Gasteiger partial charge in [-0.05, 0) is 41.8 Å². The molecule has 16 heavy (non-hydrogen) atoms. The smallest absolute Gasteiger partial charge is 0.123 e. The molecular weight excluding hydrogens is 201 g/mol. The van der Waals surface area contributed by atoms with Crippen molar-refractivity contribution < 1.29 is 4.39 Å². The molecule has 0 aliphatic rings. The van der Waals surface area contributed by atoms with E-state index in [2.05, 4.69) is 12.1 Å². The molecule has 0 aliphatic heterocycles. The Labute approximate surface area is 94.7 Å². The number of rotatable bonds is 2. The molecule has 2 aromatic rings. The Morgan fingerprint density at radius 2 is 1.69 bits per heavy atom. The standard InChI is InChI=1S/C14H14FN/c1-10-6-11(9-16)8-13(7-10)12-2-4-14(15)5-3-12/h2-8H,9,16H2,1H3.